The molecular formula is C13H18N2O. The van der Waals surface area contributed by atoms with Gasteiger partial charge in [0.15, 0.2) is 0 Å². The van der Waals surface area contributed by atoms with Crippen molar-refractivity contribution >= 4 is 5.69 Å². The number of anilines is 1. The van der Waals surface area contributed by atoms with Crippen molar-refractivity contribution in [3.8, 4) is 6.07 Å². The van der Waals surface area contributed by atoms with E-state index in [1.165, 1.54) is 0 Å². The van der Waals surface area contributed by atoms with Crippen molar-refractivity contribution in [3.63, 3.8) is 0 Å². The van der Waals surface area contributed by atoms with E-state index in [-0.39, 0.29) is 6.04 Å². The second kappa shape index (κ2) is 5.53. The van der Waals surface area contributed by atoms with Crippen LogP contribution in [0.1, 0.15) is 18.1 Å². The average molecular weight is 218 g/mol. The van der Waals surface area contributed by atoms with Crippen molar-refractivity contribution in [2.75, 3.05) is 25.7 Å². The lowest BCUT2D eigenvalue weighted by atomic mass is 10.1. The molecule has 0 amide bonds. The fourth-order valence-electron chi connectivity index (χ4n) is 1.79. The molecule has 0 saturated heterocycles. The minimum absolute atomic E-state index is 0.248. The van der Waals surface area contributed by atoms with Crippen LogP contribution in [0.4, 0.5) is 5.69 Å². The highest BCUT2D eigenvalue weighted by molar-refractivity contribution is 5.64. The number of benzene rings is 1. The number of aryl methyl sites for hydroxylation is 1. The molecule has 0 saturated carbocycles. The van der Waals surface area contributed by atoms with Gasteiger partial charge in [0.1, 0.15) is 6.07 Å². The van der Waals surface area contributed by atoms with Crippen LogP contribution in [0, 0.1) is 18.3 Å². The maximum atomic E-state index is 9.10. The van der Waals surface area contributed by atoms with Gasteiger partial charge in [-0.1, -0.05) is 12.1 Å². The fourth-order valence-corrected chi connectivity index (χ4v) is 1.79. The van der Waals surface area contributed by atoms with E-state index in [9.17, 15) is 0 Å². The zero-order chi connectivity index (χ0) is 12.1. The molecule has 0 spiro atoms. The van der Waals surface area contributed by atoms with E-state index in [0.29, 0.717) is 12.2 Å². The number of ether oxygens (including phenoxy) is 1. The third-order valence-corrected chi connectivity index (χ3v) is 2.78. The number of hydrogen-bond donors (Lipinski definition) is 0. The van der Waals surface area contributed by atoms with Crippen LogP contribution in [-0.2, 0) is 4.74 Å². The van der Waals surface area contributed by atoms with Crippen molar-refractivity contribution in [2.24, 2.45) is 0 Å². The maximum absolute atomic E-state index is 9.10. The molecule has 86 valence electrons. The summed E-state index contributed by atoms with van der Waals surface area (Å²) >= 11 is 0. The Kier molecular flexibility index (Phi) is 4.33. The quantitative estimate of drug-likeness (QED) is 0.778. The van der Waals surface area contributed by atoms with Crippen LogP contribution in [0.3, 0.4) is 0 Å². The first kappa shape index (κ1) is 12.5. The lowest BCUT2D eigenvalue weighted by Gasteiger charge is -2.28. The predicted molar refractivity (Wildman–Crippen MR) is 65.6 cm³/mol. The Bertz CT molecular complexity index is 395. The molecule has 3 nitrogen and oxygen atoms in total. The molecule has 1 rings (SSSR count). The Morgan fingerprint density at radius 1 is 1.50 bits per heavy atom. The van der Waals surface area contributed by atoms with Gasteiger partial charge in [0.25, 0.3) is 0 Å². The van der Waals surface area contributed by atoms with E-state index in [1.54, 1.807) is 7.11 Å². The number of methoxy groups -OCH3 is 1. The number of rotatable bonds is 4. The zero-order valence-corrected chi connectivity index (χ0v) is 10.3. The summed E-state index contributed by atoms with van der Waals surface area (Å²) in [5.74, 6) is 0. The fraction of sp³-hybridized carbons (Fsp3) is 0.462. The second-order valence-electron chi connectivity index (χ2n) is 4.00. The Labute approximate surface area is 97.3 Å². The maximum Gasteiger partial charge on any atom is 0.101 e. The van der Waals surface area contributed by atoms with Gasteiger partial charge in [-0.25, -0.2) is 0 Å². The molecule has 1 aromatic rings. The largest absolute Gasteiger partial charge is 0.383 e. The summed E-state index contributed by atoms with van der Waals surface area (Å²) in [6.07, 6.45) is 0. The smallest absolute Gasteiger partial charge is 0.101 e. The Morgan fingerprint density at radius 3 is 2.75 bits per heavy atom. The monoisotopic (exact) mass is 218 g/mol. The predicted octanol–water partition coefficient (Wildman–Crippen LogP) is 2.34. The number of para-hydroxylation sites is 1. The lowest BCUT2D eigenvalue weighted by Crippen LogP contribution is -2.33. The van der Waals surface area contributed by atoms with Crippen LogP contribution in [0.25, 0.3) is 0 Å². The first-order valence-electron chi connectivity index (χ1n) is 5.33. The molecule has 1 aromatic carbocycles. The van der Waals surface area contributed by atoms with Crippen molar-refractivity contribution < 1.29 is 4.74 Å². The number of hydrogen-bond acceptors (Lipinski definition) is 3. The van der Waals surface area contributed by atoms with Gasteiger partial charge >= 0.3 is 0 Å². The van der Waals surface area contributed by atoms with Gasteiger partial charge in [0.05, 0.1) is 17.9 Å². The molecule has 3 heteroatoms. The zero-order valence-electron chi connectivity index (χ0n) is 10.3. The topological polar surface area (TPSA) is 36.3 Å². The van der Waals surface area contributed by atoms with E-state index in [4.69, 9.17) is 10.00 Å². The molecule has 0 aromatic heterocycles. The molecule has 0 fully saturated rings. The minimum Gasteiger partial charge on any atom is -0.383 e. The van der Waals surface area contributed by atoms with Gasteiger partial charge in [-0.05, 0) is 25.5 Å². The molecule has 0 heterocycles. The van der Waals surface area contributed by atoms with Gasteiger partial charge in [-0.3, -0.25) is 0 Å². The van der Waals surface area contributed by atoms with Gasteiger partial charge in [-0.15, -0.1) is 0 Å². The van der Waals surface area contributed by atoms with Crippen LogP contribution in [0.5, 0.6) is 0 Å². The summed E-state index contributed by atoms with van der Waals surface area (Å²) in [5, 5.41) is 9.10. The summed E-state index contributed by atoms with van der Waals surface area (Å²) in [7, 11) is 3.68. The second-order valence-corrected chi connectivity index (χ2v) is 4.00. The number of nitriles is 1. The van der Waals surface area contributed by atoms with Crippen LogP contribution in [-0.4, -0.2) is 26.8 Å². The Hall–Kier alpha value is -1.53. The molecule has 1 atom stereocenters. The van der Waals surface area contributed by atoms with Gasteiger partial charge in [-0.2, -0.15) is 5.26 Å². The van der Waals surface area contributed by atoms with Gasteiger partial charge in [0, 0.05) is 20.2 Å². The van der Waals surface area contributed by atoms with E-state index < -0.39 is 0 Å². The summed E-state index contributed by atoms with van der Waals surface area (Å²) in [5.41, 5.74) is 2.82. The first-order valence-corrected chi connectivity index (χ1v) is 5.33. The van der Waals surface area contributed by atoms with Crippen LogP contribution in [0.15, 0.2) is 18.2 Å². The SMILES string of the molecule is COCC(C)N(C)c1c(C)cccc1C#N. The Balaban J connectivity index is 3.07. The van der Waals surface area contributed by atoms with E-state index in [0.717, 1.165) is 11.3 Å². The number of likely N-dealkylation sites (N-methyl/N-ethyl adjacent to an activating group) is 1. The first-order chi connectivity index (χ1) is 7.61. The standard InChI is InChI=1S/C13H18N2O/c1-10-6-5-7-12(8-14)13(10)15(3)11(2)9-16-4/h5-7,11H,9H2,1-4H3. The molecule has 0 radical (unpaired) electrons. The highest BCUT2D eigenvalue weighted by Gasteiger charge is 2.15. The van der Waals surface area contributed by atoms with Crippen molar-refractivity contribution in [3.05, 3.63) is 29.3 Å². The highest BCUT2D eigenvalue weighted by atomic mass is 16.5. The van der Waals surface area contributed by atoms with Crippen LogP contribution in [0.2, 0.25) is 0 Å². The van der Waals surface area contributed by atoms with E-state index >= 15 is 0 Å². The molecule has 0 N–H and O–H groups in total. The minimum atomic E-state index is 0.248. The summed E-state index contributed by atoms with van der Waals surface area (Å²) < 4.78 is 5.14. The summed E-state index contributed by atoms with van der Waals surface area (Å²) in [6.45, 7) is 4.75. The van der Waals surface area contributed by atoms with Gasteiger partial charge in [0.2, 0.25) is 0 Å². The molecule has 16 heavy (non-hydrogen) atoms. The Morgan fingerprint density at radius 2 is 2.19 bits per heavy atom. The van der Waals surface area contributed by atoms with E-state index in [1.807, 2.05) is 32.2 Å². The van der Waals surface area contributed by atoms with E-state index in [2.05, 4.69) is 17.9 Å². The van der Waals surface area contributed by atoms with Gasteiger partial charge < -0.3 is 9.64 Å². The third kappa shape index (κ3) is 2.53. The molecule has 0 aliphatic carbocycles. The molecule has 0 bridgehead atoms. The molecular weight excluding hydrogens is 200 g/mol. The normalized spacial score (nSPS) is 11.9. The van der Waals surface area contributed by atoms with Crippen molar-refractivity contribution in [1.82, 2.24) is 0 Å². The molecule has 1 unspecified atom stereocenters. The van der Waals surface area contributed by atoms with Crippen molar-refractivity contribution in [1.29, 1.82) is 5.26 Å². The van der Waals surface area contributed by atoms with Crippen molar-refractivity contribution in [2.45, 2.75) is 19.9 Å². The highest BCUT2D eigenvalue weighted by Crippen LogP contribution is 2.25. The average Bonchev–Trinajstić information content (AvgIpc) is 2.28. The summed E-state index contributed by atoms with van der Waals surface area (Å²) in [4.78, 5) is 2.09. The summed E-state index contributed by atoms with van der Waals surface area (Å²) in [6, 6.07) is 8.25. The van der Waals surface area contributed by atoms with Crippen LogP contribution >= 0.6 is 0 Å². The lowest BCUT2D eigenvalue weighted by molar-refractivity contribution is 0.183. The van der Waals surface area contributed by atoms with Crippen LogP contribution < -0.4 is 4.90 Å². The molecule has 0 aliphatic heterocycles. The molecule has 0 aliphatic rings. The third-order valence-electron chi connectivity index (χ3n) is 2.78. The number of nitrogens with zero attached hydrogens (tertiary/aromatic N) is 2.